The molecule has 0 saturated carbocycles. The average Bonchev–Trinajstić information content (AvgIpc) is 3.75. The Morgan fingerprint density at radius 3 is 2.50 bits per heavy atom. The first-order valence-electron chi connectivity index (χ1n) is 17.8. The maximum atomic E-state index is 14.7. The third-order valence-corrected chi connectivity index (χ3v) is 10.8. The number of carbonyl (C=O) groups is 4. The Balaban J connectivity index is 0.967. The molecule has 280 valence electrons. The number of likely N-dealkylation sites (tertiary alicyclic amines) is 2. The minimum atomic E-state index is -2.95. The number of aromatic nitrogens is 4. The third-order valence-electron chi connectivity index (χ3n) is 10.8. The number of H-pyrrole nitrogens is 1. The van der Waals surface area contributed by atoms with Crippen LogP contribution in [0, 0.1) is 17.2 Å². The van der Waals surface area contributed by atoms with Crippen molar-refractivity contribution < 1.29 is 32.3 Å². The first-order chi connectivity index (χ1) is 24.8. The molecule has 0 spiro atoms. The molecule has 13 nitrogen and oxygen atoms in total. The predicted molar refractivity (Wildman–Crippen MR) is 187 cm³/mol. The summed E-state index contributed by atoms with van der Waals surface area (Å²) in [5, 5.41) is 16.6. The van der Waals surface area contributed by atoms with Gasteiger partial charge in [-0.1, -0.05) is 13.8 Å². The molecule has 3 aliphatic rings. The van der Waals surface area contributed by atoms with E-state index in [1.165, 1.54) is 39.1 Å². The molecule has 0 atom stereocenters. The normalized spacial score (nSPS) is 19.2. The summed E-state index contributed by atoms with van der Waals surface area (Å²) < 4.78 is 46.1. The Morgan fingerprint density at radius 1 is 1.08 bits per heavy atom. The van der Waals surface area contributed by atoms with Gasteiger partial charge >= 0.3 is 6.03 Å². The van der Waals surface area contributed by atoms with Gasteiger partial charge in [0.1, 0.15) is 12.1 Å². The zero-order valence-electron chi connectivity index (χ0n) is 29.8. The van der Waals surface area contributed by atoms with E-state index in [0.29, 0.717) is 36.7 Å². The number of nitrogens with one attached hydrogen (secondary N) is 3. The Hall–Kier alpha value is -4.73. The zero-order chi connectivity index (χ0) is 37.2. The molecule has 3 aromatic rings. The van der Waals surface area contributed by atoms with E-state index in [9.17, 15) is 32.3 Å². The van der Waals surface area contributed by atoms with Crippen LogP contribution in [0.25, 0.3) is 0 Å². The van der Waals surface area contributed by atoms with E-state index in [-0.39, 0.29) is 53.8 Å². The van der Waals surface area contributed by atoms with Gasteiger partial charge in [0.05, 0.1) is 23.6 Å². The Kier molecular flexibility index (Phi) is 10.7. The van der Waals surface area contributed by atoms with Gasteiger partial charge in [0.25, 0.3) is 17.7 Å². The van der Waals surface area contributed by atoms with Gasteiger partial charge in [0.15, 0.2) is 5.69 Å². The summed E-state index contributed by atoms with van der Waals surface area (Å²) in [5.74, 6) is -3.96. The number of hydrogen-bond donors (Lipinski definition) is 3. The van der Waals surface area contributed by atoms with Gasteiger partial charge in [-0.2, -0.15) is 10.2 Å². The largest absolute Gasteiger partial charge is 0.341 e. The Bertz CT molecular complexity index is 1790. The first kappa shape index (κ1) is 37.0. The van der Waals surface area contributed by atoms with Crippen molar-refractivity contribution >= 4 is 35.5 Å². The van der Waals surface area contributed by atoms with E-state index in [2.05, 4.69) is 30.8 Å². The van der Waals surface area contributed by atoms with E-state index in [0.717, 1.165) is 50.2 Å². The molecule has 4 amide bonds. The number of nitrogens with zero attached hydrogens (tertiary/aromatic N) is 6. The number of fused-ring (bicyclic) bond motifs is 1. The molecular weight excluding hydrogens is 679 g/mol. The average molecular weight is 726 g/mol. The van der Waals surface area contributed by atoms with Crippen molar-refractivity contribution in [2.45, 2.75) is 70.8 Å². The maximum Gasteiger partial charge on any atom is 0.321 e. The summed E-state index contributed by atoms with van der Waals surface area (Å²) in [6, 6.07) is 3.55. The van der Waals surface area contributed by atoms with Crippen molar-refractivity contribution in [1.29, 1.82) is 0 Å². The molecule has 2 saturated heterocycles. The molecule has 0 radical (unpaired) electrons. The zero-order valence-corrected chi connectivity index (χ0v) is 29.8. The summed E-state index contributed by atoms with van der Waals surface area (Å²) in [6.07, 6.45) is 7.00. The van der Waals surface area contributed by atoms with Gasteiger partial charge < -0.3 is 25.2 Å². The minimum Gasteiger partial charge on any atom is -0.341 e. The highest BCUT2D eigenvalue weighted by Crippen LogP contribution is 2.46. The predicted octanol–water partition coefficient (Wildman–Crippen LogP) is 4.68. The molecular formula is C36H46F3N9O4. The van der Waals surface area contributed by atoms with Gasteiger partial charge in [0.2, 0.25) is 0 Å². The number of carbonyl (C=O) groups excluding carboxylic acids is 4. The van der Waals surface area contributed by atoms with Crippen LogP contribution in [0.15, 0.2) is 30.6 Å². The molecule has 0 bridgehead atoms. The van der Waals surface area contributed by atoms with Crippen molar-refractivity contribution in [2.24, 2.45) is 11.3 Å². The second-order valence-electron chi connectivity index (χ2n) is 14.7. The lowest BCUT2D eigenvalue weighted by Crippen LogP contribution is -2.44. The second kappa shape index (κ2) is 15.1. The number of rotatable bonds is 10. The molecule has 3 N–H and O–H groups in total. The summed E-state index contributed by atoms with van der Waals surface area (Å²) in [4.78, 5) is 55.0. The Labute approximate surface area is 300 Å². The van der Waals surface area contributed by atoms with E-state index in [1.807, 2.05) is 4.68 Å². The van der Waals surface area contributed by atoms with Crippen LogP contribution in [-0.4, -0.2) is 106 Å². The molecule has 1 aliphatic carbocycles. The molecule has 6 rings (SSSR count). The first-order valence-corrected chi connectivity index (χ1v) is 17.8. The van der Waals surface area contributed by atoms with E-state index in [1.54, 1.807) is 17.3 Å². The minimum absolute atomic E-state index is 0.0114. The number of aldehydes is 1. The SMILES string of the molecule is CNC(=O)N(CCC=O)c1cc(C(=O)N2CCC(CN3CCC(n4cc(NC(=O)c5n[nH]c6c5CC(F)(F)C(C)(C)C6)cn4)CC3)CC2)ccc1F. The lowest BCUT2D eigenvalue weighted by Gasteiger charge is -2.37. The van der Waals surface area contributed by atoms with Crippen LogP contribution in [-0.2, 0) is 17.6 Å². The maximum absolute atomic E-state index is 14.7. The number of hydrogen-bond acceptors (Lipinski definition) is 7. The van der Waals surface area contributed by atoms with Gasteiger partial charge in [0, 0.05) is 94.0 Å². The smallest absolute Gasteiger partial charge is 0.321 e. The molecule has 2 aromatic heterocycles. The van der Waals surface area contributed by atoms with Crippen molar-refractivity contribution in [3.63, 3.8) is 0 Å². The number of urea groups is 1. The van der Waals surface area contributed by atoms with Gasteiger partial charge in [-0.15, -0.1) is 0 Å². The lowest BCUT2D eigenvalue weighted by molar-refractivity contribution is -0.111. The second-order valence-corrected chi connectivity index (χ2v) is 14.7. The summed E-state index contributed by atoms with van der Waals surface area (Å²) in [7, 11) is 1.42. The van der Waals surface area contributed by atoms with E-state index >= 15 is 0 Å². The number of benzene rings is 1. The van der Waals surface area contributed by atoms with Gasteiger partial charge in [-0.05, 0) is 49.8 Å². The van der Waals surface area contributed by atoms with E-state index < -0.39 is 35.5 Å². The number of alkyl halides is 2. The Morgan fingerprint density at radius 2 is 1.81 bits per heavy atom. The van der Waals surface area contributed by atoms with Crippen molar-refractivity contribution in [1.82, 2.24) is 35.1 Å². The fourth-order valence-electron chi connectivity index (χ4n) is 7.48. The molecule has 16 heteroatoms. The lowest BCUT2D eigenvalue weighted by atomic mass is 9.73. The van der Waals surface area contributed by atoms with Crippen LogP contribution < -0.4 is 15.5 Å². The van der Waals surface area contributed by atoms with Gasteiger partial charge in [-0.3, -0.25) is 24.3 Å². The number of halogens is 3. The monoisotopic (exact) mass is 725 g/mol. The molecule has 2 fully saturated rings. The third kappa shape index (κ3) is 7.71. The number of anilines is 2. The van der Waals surface area contributed by atoms with Crippen LogP contribution in [0.2, 0.25) is 0 Å². The summed E-state index contributed by atoms with van der Waals surface area (Å²) in [6.45, 7) is 6.83. The molecule has 1 aromatic carbocycles. The number of aromatic amines is 1. The molecule has 4 heterocycles. The summed E-state index contributed by atoms with van der Waals surface area (Å²) in [5.41, 5.74) is 0.309. The van der Waals surface area contributed by atoms with Crippen LogP contribution in [0.3, 0.4) is 0 Å². The number of amides is 4. The highest BCUT2D eigenvalue weighted by molar-refractivity contribution is 6.04. The highest BCUT2D eigenvalue weighted by Gasteiger charge is 2.51. The molecule has 52 heavy (non-hydrogen) atoms. The topological polar surface area (TPSA) is 149 Å². The molecule has 0 unspecified atom stereocenters. The summed E-state index contributed by atoms with van der Waals surface area (Å²) >= 11 is 0. The van der Waals surface area contributed by atoms with Crippen LogP contribution in [0.1, 0.15) is 84.1 Å². The quantitative estimate of drug-likeness (QED) is 0.257. The van der Waals surface area contributed by atoms with Crippen molar-refractivity contribution in [3.05, 3.63) is 58.9 Å². The standard InChI is InChI=1S/C36H46F3N9O4/c1-35(2)19-29-27(18-36(35,38)39)31(44-43-29)32(50)42-25-20-41-48(22-25)26-9-12-45(13-10-26)21-23-7-14-46(15-8-23)33(51)24-5-6-28(37)30(17-24)47(11-4-16-49)34(52)40-3/h5-6,16-17,20,22-23,26H,4,7-15,18-19,21H2,1-3H3,(H,40,52)(H,42,50)(H,43,44). The van der Waals surface area contributed by atoms with Gasteiger partial charge in [-0.25, -0.2) is 18.0 Å². The van der Waals surface area contributed by atoms with Crippen LogP contribution in [0.4, 0.5) is 29.3 Å². The van der Waals surface area contributed by atoms with Crippen molar-refractivity contribution in [2.75, 3.05) is 56.5 Å². The van der Waals surface area contributed by atoms with Crippen LogP contribution >= 0.6 is 0 Å². The highest BCUT2D eigenvalue weighted by atomic mass is 19.3. The molecule has 2 aliphatic heterocycles. The van der Waals surface area contributed by atoms with Crippen molar-refractivity contribution in [3.8, 4) is 0 Å². The fraction of sp³-hybridized carbons (Fsp3) is 0.556. The van der Waals surface area contributed by atoms with Crippen LogP contribution in [0.5, 0.6) is 0 Å². The number of piperidine rings is 2. The van der Waals surface area contributed by atoms with E-state index in [4.69, 9.17) is 0 Å². The fourth-order valence-corrected chi connectivity index (χ4v) is 7.48.